The summed E-state index contributed by atoms with van der Waals surface area (Å²) >= 11 is 0.0805. The third kappa shape index (κ3) is 1.64. The molecule has 0 aliphatic carbocycles. The summed E-state index contributed by atoms with van der Waals surface area (Å²) in [4.78, 5) is 10.9. The number of carbonyl (C=O) groups is 1. The summed E-state index contributed by atoms with van der Waals surface area (Å²) < 4.78 is 6.36. The average molecular weight is 218 g/mol. The molecule has 0 aliphatic heterocycles. The number of carbonyl (C=O) groups excluding carboxylic acids is 1. The Kier molecular flexibility index (Phi) is 2.37. The molecule has 0 aliphatic rings. The molecule has 0 fully saturated rings. The first kappa shape index (κ1) is 8.37. The molecule has 0 atom stereocenters. The van der Waals surface area contributed by atoms with Gasteiger partial charge < -0.3 is 0 Å². The van der Waals surface area contributed by atoms with Crippen molar-refractivity contribution in [1.29, 1.82) is 0 Å². The van der Waals surface area contributed by atoms with Gasteiger partial charge in [-0.1, -0.05) is 0 Å². The Balaban J connectivity index is 2.97. The van der Waals surface area contributed by atoms with E-state index in [1.807, 2.05) is 6.92 Å². The molecular formula is C7H9NO2Se. The second-order valence-electron chi connectivity index (χ2n) is 2.11. The van der Waals surface area contributed by atoms with E-state index in [1.165, 1.54) is 7.11 Å². The van der Waals surface area contributed by atoms with E-state index in [9.17, 15) is 4.79 Å². The molecule has 0 unspecified atom stereocenters. The predicted molar refractivity (Wildman–Crippen MR) is 43.9 cm³/mol. The first-order chi connectivity index (χ1) is 5.15. The van der Waals surface area contributed by atoms with E-state index in [4.69, 9.17) is 5.73 Å². The number of nitrogens with two attached hydrogens (primary N) is 1. The molecule has 0 radical (unpaired) electrons. The van der Waals surface area contributed by atoms with Gasteiger partial charge in [0, 0.05) is 0 Å². The number of aryl methyl sites for hydroxylation is 1. The number of ether oxygens (including phenoxy) is 1. The van der Waals surface area contributed by atoms with E-state index in [0.717, 1.165) is 4.44 Å². The number of anilines is 1. The second kappa shape index (κ2) is 3.11. The van der Waals surface area contributed by atoms with Crippen LogP contribution in [0.15, 0.2) is 6.07 Å². The Hall–Kier alpha value is -0.731. The van der Waals surface area contributed by atoms with Crippen molar-refractivity contribution >= 4 is 26.2 Å². The Morgan fingerprint density at radius 2 is 2.36 bits per heavy atom. The fourth-order valence-corrected chi connectivity index (χ4v) is 2.50. The first-order valence-electron chi connectivity index (χ1n) is 3.09. The summed E-state index contributed by atoms with van der Waals surface area (Å²) in [6, 6.07) is 1.70. The Bertz CT molecular complexity index is 260. The molecule has 0 spiro atoms. The number of nitrogen functional groups attached to an aromatic ring is 1. The molecule has 4 heteroatoms. The minimum absolute atomic E-state index is 0.0805. The Morgan fingerprint density at radius 1 is 1.73 bits per heavy atom. The van der Waals surface area contributed by atoms with Crippen molar-refractivity contribution in [2.45, 2.75) is 6.92 Å². The van der Waals surface area contributed by atoms with Gasteiger partial charge in [0.2, 0.25) is 0 Å². The van der Waals surface area contributed by atoms with Gasteiger partial charge in [-0.05, 0) is 0 Å². The van der Waals surface area contributed by atoms with Crippen LogP contribution in [-0.4, -0.2) is 27.6 Å². The maximum atomic E-state index is 10.9. The van der Waals surface area contributed by atoms with Crippen molar-refractivity contribution in [3.05, 3.63) is 14.9 Å². The SMILES string of the molecule is COC(=O)c1cc(N)c(C)[se]1. The summed E-state index contributed by atoms with van der Waals surface area (Å²) in [6.45, 7) is 1.93. The van der Waals surface area contributed by atoms with Crippen molar-refractivity contribution in [1.82, 2.24) is 0 Å². The summed E-state index contributed by atoms with van der Waals surface area (Å²) in [7, 11) is 1.38. The molecule has 3 nitrogen and oxygen atoms in total. The Labute approximate surface area is 70.9 Å². The number of hydrogen-bond acceptors (Lipinski definition) is 3. The van der Waals surface area contributed by atoms with Crippen LogP contribution < -0.4 is 5.73 Å². The molecule has 0 saturated heterocycles. The summed E-state index contributed by atoms with van der Waals surface area (Å²) in [6.07, 6.45) is 0. The zero-order valence-electron chi connectivity index (χ0n) is 6.38. The van der Waals surface area contributed by atoms with Gasteiger partial charge in [-0.3, -0.25) is 0 Å². The average Bonchev–Trinajstić information content (AvgIpc) is 2.31. The zero-order chi connectivity index (χ0) is 8.43. The van der Waals surface area contributed by atoms with Crippen molar-refractivity contribution in [2.75, 3.05) is 12.8 Å². The van der Waals surface area contributed by atoms with Crippen LogP contribution in [0, 0.1) is 6.92 Å². The fraction of sp³-hybridized carbons (Fsp3) is 0.286. The predicted octanol–water partition coefficient (Wildman–Crippen LogP) is 0.421. The van der Waals surface area contributed by atoms with Crippen LogP contribution in [0.1, 0.15) is 13.7 Å². The van der Waals surface area contributed by atoms with Gasteiger partial charge in [0.1, 0.15) is 0 Å². The third-order valence-electron chi connectivity index (χ3n) is 1.34. The number of rotatable bonds is 1. The quantitative estimate of drug-likeness (QED) is 0.549. The van der Waals surface area contributed by atoms with Crippen molar-refractivity contribution in [2.24, 2.45) is 0 Å². The number of esters is 1. The standard InChI is InChI=1S/C7H9NO2Se/c1-4-5(8)3-6(11-4)7(9)10-2/h3H,8H2,1-2H3. The van der Waals surface area contributed by atoms with E-state index >= 15 is 0 Å². The van der Waals surface area contributed by atoms with E-state index in [2.05, 4.69) is 4.74 Å². The molecule has 11 heavy (non-hydrogen) atoms. The molecule has 60 valence electrons. The summed E-state index contributed by atoms with van der Waals surface area (Å²) in [5.41, 5.74) is 6.29. The van der Waals surface area contributed by atoms with Gasteiger partial charge in [-0.25, -0.2) is 0 Å². The monoisotopic (exact) mass is 219 g/mol. The second-order valence-corrected chi connectivity index (χ2v) is 4.75. The molecule has 0 bridgehead atoms. The van der Waals surface area contributed by atoms with E-state index in [-0.39, 0.29) is 20.5 Å². The summed E-state index contributed by atoms with van der Waals surface area (Å²) in [5, 5.41) is 0. The first-order valence-corrected chi connectivity index (χ1v) is 4.80. The van der Waals surface area contributed by atoms with Crippen molar-refractivity contribution in [3.8, 4) is 0 Å². The Morgan fingerprint density at radius 3 is 2.73 bits per heavy atom. The van der Waals surface area contributed by atoms with Crippen LogP contribution in [0.3, 0.4) is 0 Å². The topological polar surface area (TPSA) is 52.3 Å². The molecule has 0 aromatic carbocycles. The van der Waals surface area contributed by atoms with Crippen LogP contribution in [-0.2, 0) is 4.74 Å². The van der Waals surface area contributed by atoms with Crippen molar-refractivity contribution in [3.63, 3.8) is 0 Å². The molecule has 1 rings (SSSR count). The van der Waals surface area contributed by atoms with E-state index in [0.29, 0.717) is 10.1 Å². The van der Waals surface area contributed by atoms with Gasteiger partial charge in [-0.2, -0.15) is 0 Å². The maximum absolute atomic E-state index is 10.9. The minimum atomic E-state index is -0.259. The van der Waals surface area contributed by atoms with Gasteiger partial charge >= 0.3 is 70.4 Å². The molecule has 1 heterocycles. The number of hydrogen-bond donors (Lipinski definition) is 1. The van der Waals surface area contributed by atoms with Crippen LogP contribution >= 0.6 is 0 Å². The van der Waals surface area contributed by atoms with Gasteiger partial charge in [0.25, 0.3) is 0 Å². The molecule has 2 N–H and O–H groups in total. The fourth-order valence-electron chi connectivity index (χ4n) is 0.697. The molecule has 0 amide bonds. The van der Waals surface area contributed by atoms with Crippen LogP contribution in [0.4, 0.5) is 5.69 Å². The summed E-state index contributed by atoms with van der Waals surface area (Å²) in [5.74, 6) is -0.259. The van der Waals surface area contributed by atoms with Crippen LogP contribution in [0.25, 0.3) is 0 Å². The van der Waals surface area contributed by atoms with Gasteiger partial charge in [0.15, 0.2) is 0 Å². The molecular weight excluding hydrogens is 209 g/mol. The normalized spacial score (nSPS) is 9.64. The molecule has 1 aromatic heterocycles. The van der Waals surface area contributed by atoms with Crippen LogP contribution in [0.5, 0.6) is 0 Å². The van der Waals surface area contributed by atoms with E-state index < -0.39 is 0 Å². The van der Waals surface area contributed by atoms with Crippen LogP contribution in [0.2, 0.25) is 0 Å². The molecule has 0 saturated carbocycles. The van der Waals surface area contributed by atoms with Gasteiger partial charge in [0.05, 0.1) is 0 Å². The number of methoxy groups -OCH3 is 1. The molecule has 1 aromatic rings. The zero-order valence-corrected chi connectivity index (χ0v) is 8.09. The third-order valence-corrected chi connectivity index (χ3v) is 3.54. The van der Waals surface area contributed by atoms with Crippen molar-refractivity contribution < 1.29 is 9.53 Å². The van der Waals surface area contributed by atoms with E-state index in [1.54, 1.807) is 6.07 Å². The van der Waals surface area contributed by atoms with Gasteiger partial charge in [-0.15, -0.1) is 0 Å².